The fourth-order valence-corrected chi connectivity index (χ4v) is 5.92. The molecule has 2 aliphatic heterocycles. The molecule has 1 aliphatic carbocycles. The quantitative estimate of drug-likeness (QED) is 0.537. The number of nitrogens with zero attached hydrogens (tertiary/aromatic N) is 2. The topological polar surface area (TPSA) is 6.48 Å². The van der Waals surface area contributed by atoms with Gasteiger partial charge >= 0.3 is 0 Å². The van der Waals surface area contributed by atoms with Gasteiger partial charge < -0.3 is 9.80 Å². The van der Waals surface area contributed by atoms with E-state index in [0.29, 0.717) is 12.0 Å². The zero-order valence-corrected chi connectivity index (χ0v) is 14.2. The van der Waals surface area contributed by atoms with E-state index < -0.39 is 5.67 Å². The molecule has 110 valence electrons. The van der Waals surface area contributed by atoms with Crippen LogP contribution in [0.3, 0.4) is 0 Å². The van der Waals surface area contributed by atoms with Crippen molar-refractivity contribution < 1.29 is 4.39 Å². The van der Waals surface area contributed by atoms with Gasteiger partial charge in [-0.1, -0.05) is 22.6 Å². The van der Waals surface area contributed by atoms with Gasteiger partial charge in [-0.3, -0.25) is 0 Å². The Morgan fingerprint density at radius 3 is 2.16 bits per heavy atom. The Balaban J connectivity index is 1.47. The molecular formula is C15H26FIN2. The van der Waals surface area contributed by atoms with Crippen molar-refractivity contribution in [2.45, 2.75) is 48.1 Å². The molecule has 0 bridgehead atoms. The van der Waals surface area contributed by atoms with Crippen molar-refractivity contribution in [2.24, 2.45) is 5.41 Å². The van der Waals surface area contributed by atoms with Gasteiger partial charge in [0.05, 0.1) is 0 Å². The van der Waals surface area contributed by atoms with E-state index in [1.165, 1.54) is 25.7 Å². The SMILES string of the molecule is CN1CCC(F)(CN2CCC3(CC2)CC(I)C3)CC1. The molecule has 0 amide bonds. The lowest BCUT2D eigenvalue weighted by molar-refractivity contribution is -0.00911. The summed E-state index contributed by atoms with van der Waals surface area (Å²) in [5.74, 6) is 0. The Labute approximate surface area is 130 Å². The monoisotopic (exact) mass is 380 g/mol. The average Bonchev–Trinajstić information content (AvgIpc) is 2.35. The number of rotatable bonds is 2. The van der Waals surface area contributed by atoms with Crippen molar-refractivity contribution in [3.05, 3.63) is 0 Å². The molecule has 0 aromatic heterocycles. The van der Waals surface area contributed by atoms with Gasteiger partial charge in [0.2, 0.25) is 0 Å². The molecule has 2 saturated heterocycles. The van der Waals surface area contributed by atoms with Crippen LogP contribution in [0.4, 0.5) is 4.39 Å². The first kappa shape index (κ1) is 14.5. The van der Waals surface area contributed by atoms with Crippen LogP contribution in [0.15, 0.2) is 0 Å². The van der Waals surface area contributed by atoms with E-state index in [0.717, 1.165) is 42.9 Å². The molecule has 3 fully saturated rings. The van der Waals surface area contributed by atoms with Crippen molar-refractivity contribution in [1.82, 2.24) is 9.80 Å². The molecular weight excluding hydrogens is 354 g/mol. The van der Waals surface area contributed by atoms with Gasteiger partial charge in [0.1, 0.15) is 5.67 Å². The van der Waals surface area contributed by atoms with E-state index in [1.54, 1.807) is 0 Å². The van der Waals surface area contributed by atoms with E-state index in [-0.39, 0.29) is 0 Å². The van der Waals surface area contributed by atoms with E-state index >= 15 is 0 Å². The van der Waals surface area contributed by atoms with Gasteiger partial charge in [0.15, 0.2) is 0 Å². The molecule has 1 saturated carbocycles. The molecule has 0 unspecified atom stereocenters. The van der Waals surface area contributed by atoms with Gasteiger partial charge in [-0.05, 0) is 64.1 Å². The van der Waals surface area contributed by atoms with Gasteiger partial charge in [-0.2, -0.15) is 0 Å². The second-order valence-corrected chi connectivity index (χ2v) is 9.00. The summed E-state index contributed by atoms with van der Waals surface area (Å²) in [6.45, 7) is 4.79. The molecule has 0 aromatic rings. The lowest BCUT2D eigenvalue weighted by Gasteiger charge is -2.51. The smallest absolute Gasteiger partial charge is 0.126 e. The molecule has 0 aromatic carbocycles. The second-order valence-electron chi connectivity index (χ2n) is 7.24. The van der Waals surface area contributed by atoms with E-state index in [2.05, 4.69) is 39.4 Å². The number of halogens is 2. The number of piperidine rings is 2. The van der Waals surface area contributed by atoms with Gasteiger partial charge in [-0.15, -0.1) is 0 Å². The van der Waals surface area contributed by atoms with Crippen LogP contribution in [0, 0.1) is 5.41 Å². The first-order valence-electron chi connectivity index (χ1n) is 7.73. The molecule has 2 nitrogen and oxygen atoms in total. The third-order valence-electron chi connectivity index (χ3n) is 5.62. The number of likely N-dealkylation sites (tertiary alicyclic amines) is 2. The van der Waals surface area contributed by atoms with Gasteiger partial charge in [0.25, 0.3) is 0 Å². The summed E-state index contributed by atoms with van der Waals surface area (Å²) in [4.78, 5) is 4.65. The minimum Gasteiger partial charge on any atom is -0.306 e. The predicted molar refractivity (Wildman–Crippen MR) is 85.7 cm³/mol. The Morgan fingerprint density at radius 2 is 1.63 bits per heavy atom. The first-order valence-corrected chi connectivity index (χ1v) is 8.97. The Morgan fingerprint density at radius 1 is 1.05 bits per heavy atom. The summed E-state index contributed by atoms with van der Waals surface area (Å²) >= 11 is 2.58. The fourth-order valence-electron chi connectivity index (χ4n) is 4.05. The van der Waals surface area contributed by atoms with Crippen molar-refractivity contribution in [2.75, 3.05) is 39.8 Å². The average molecular weight is 380 g/mol. The summed E-state index contributed by atoms with van der Waals surface area (Å²) < 4.78 is 15.7. The van der Waals surface area contributed by atoms with Crippen LogP contribution in [0.25, 0.3) is 0 Å². The van der Waals surface area contributed by atoms with Crippen molar-refractivity contribution in [1.29, 1.82) is 0 Å². The summed E-state index contributed by atoms with van der Waals surface area (Å²) in [5, 5.41) is 0. The number of alkyl halides is 2. The van der Waals surface area contributed by atoms with Gasteiger partial charge in [0, 0.05) is 23.6 Å². The first-order chi connectivity index (χ1) is 8.99. The highest BCUT2D eigenvalue weighted by atomic mass is 127. The molecule has 1 spiro atoms. The van der Waals surface area contributed by atoms with Crippen LogP contribution >= 0.6 is 22.6 Å². The summed E-state index contributed by atoms with van der Waals surface area (Å²) in [6.07, 6.45) is 6.88. The summed E-state index contributed by atoms with van der Waals surface area (Å²) in [5.41, 5.74) is -0.263. The van der Waals surface area contributed by atoms with Crippen LogP contribution in [0.2, 0.25) is 0 Å². The summed E-state index contributed by atoms with van der Waals surface area (Å²) in [7, 11) is 2.10. The zero-order valence-electron chi connectivity index (χ0n) is 12.0. The fraction of sp³-hybridized carbons (Fsp3) is 1.00. The molecule has 2 heterocycles. The number of hydrogen-bond donors (Lipinski definition) is 0. The molecule has 0 radical (unpaired) electrons. The third kappa shape index (κ3) is 3.26. The highest BCUT2D eigenvalue weighted by Crippen LogP contribution is 2.52. The van der Waals surface area contributed by atoms with Gasteiger partial charge in [-0.25, -0.2) is 4.39 Å². The van der Waals surface area contributed by atoms with Crippen molar-refractivity contribution in [3.8, 4) is 0 Å². The maximum Gasteiger partial charge on any atom is 0.126 e. The highest BCUT2D eigenvalue weighted by Gasteiger charge is 2.45. The molecule has 3 aliphatic rings. The van der Waals surface area contributed by atoms with Crippen LogP contribution in [-0.2, 0) is 0 Å². The van der Waals surface area contributed by atoms with E-state index in [1.807, 2.05) is 0 Å². The maximum absolute atomic E-state index is 14.8. The Kier molecular flexibility index (Phi) is 4.13. The zero-order chi connectivity index (χ0) is 13.5. The second kappa shape index (κ2) is 5.41. The van der Waals surface area contributed by atoms with Crippen LogP contribution in [0.5, 0.6) is 0 Å². The summed E-state index contributed by atoms with van der Waals surface area (Å²) in [6, 6.07) is 0. The maximum atomic E-state index is 14.8. The Bertz CT molecular complexity index is 312. The van der Waals surface area contributed by atoms with Crippen LogP contribution in [0.1, 0.15) is 38.5 Å². The normalized spacial score (nSPS) is 32.4. The van der Waals surface area contributed by atoms with Crippen LogP contribution in [-0.4, -0.2) is 59.2 Å². The predicted octanol–water partition coefficient (Wildman–Crippen LogP) is 3.10. The van der Waals surface area contributed by atoms with Crippen molar-refractivity contribution >= 4 is 22.6 Å². The minimum absolute atomic E-state index is 0.651. The Hall–Kier alpha value is 0.580. The lowest BCUT2D eigenvalue weighted by Crippen LogP contribution is -2.52. The molecule has 0 atom stereocenters. The molecule has 19 heavy (non-hydrogen) atoms. The number of hydrogen-bond acceptors (Lipinski definition) is 2. The molecule has 4 heteroatoms. The largest absolute Gasteiger partial charge is 0.306 e. The molecule has 3 rings (SSSR count). The van der Waals surface area contributed by atoms with E-state index in [9.17, 15) is 4.39 Å². The highest BCUT2D eigenvalue weighted by molar-refractivity contribution is 14.1. The third-order valence-corrected chi connectivity index (χ3v) is 6.50. The van der Waals surface area contributed by atoms with Crippen LogP contribution < -0.4 is 0 Å². The van der Waals surface area contributed by atoms with Crippen molar-refractivity contribution in [3.63, 3.8) is 0 Å². The standard InChI is InChI=1S/C15H26FIN2/c1-18-6-4-15(16,5-7-18)12-19-8-2-14(3-9-19)10-13(17)11-14/h13H,2-12H2,1H3. The van der Waals surface area contributed by atoms with E-state index in [4.69, 9.17) is 0 Å². The lowest BCUT2D eigenvalue weighted by atomic mass is 9.63. The molecule has 0 N–H and O–H groups in total. The minimum atomic E-state index is -0.914.